The summed E-state index contributed by atoms with van der Waals surface area (Å²) in [7, 11) is 3.27. The maximum Gasteiger partial charge on any atom is 0.337 e. The maximum atomic E-state index is 12.1. The van der Waals surface area contributed by atoms with Crippen molar-refractivity contribution in [1.82, 2.24) is 10.2 Å². The minimum atomic E-state index is -0.367. The lowest BCUT2D eigenvalue weighted by Crippen LogP contribution is -2.34. The quantitative estimate of drug-likeness (QED) is 0.787. The van der Waals surface area contributed by atoms with Gasteiger partial charge in [-0.15, -0.1) is 0 Å². The third-order valence-electron chi connectivity index (χ3n) is 3.85. The van der Waals surface area contributed by atoms with Crippen molar-refractivity contribution in [2.75, 3.05) is 20.7 Å². The van der Waals surface area contributed by atoms with Crippen LogP contribution in [0.25, 0.3) is 0 Å². The highest BCUT2D eigenvalue weighted by Gasteiger charge is 2.08. The molecule has 0 spiro atoms. The van der Waals surface area contributed by atoms with Gasteiger partial charge in [0.1, 0.15) is 0 Å². The first kappa shape index (κ1) is 18.7. The third kappa shape index (κ3) is 6.04. The molecular formula is C20H24N2O3. The van der Waals surface area contributed by atoms with Crippen molar-refractivity contribution in [3.8, 4) is 0 Å². The Morgan fingerprint density at radius 3 is 2.20 bits per heavy atom. The molecule has 5 nitrogen and oxygen atoms in total. The van der Waals surface area contributed by atoms with E-state index in [4.69, 9.17) is 0 Å². The molecule has 2 rings (SSSR count). The average Bonchev–Trinajstić information content (AvgIpc) is 2.61. The molecule has 0 unspecified atom stereocenters. The lowest BCUT2D eigenvalue weighted by atomic mass is 10.1. The van der Waals surface area contributed by atoms with E-state index in [9.17, 15) is 9.59 Å². The van der Waals surface area contributed by atoms with Gasteiger partial charge in [-0.3, -0.25) is 9.69 Å². The molecule has 5 heteroatoms. The zero-order valence-corrected chi connectivity index (χ0v) is 14.9. The van der Waals surface area contributed by atoms with Gasteiger partial charge >= 0.3 is 5.97 Å². The number of hydrogen-bond donors (Lipinski definition) is 1. The summed E-state index contributed by atoms with van der Waals surface area (Å²) < 4.78 is 4.66. The number of ether oxygens (including phenoxy) is 1. The van der Waals surface area contributed by atoms with E-state index < -0.39 is 0 Å². The van der Waals surface area contributed by atoms with Crippen molar-refractivity contribution in [2.24, 2.45) is 0 Å². The van der Waals surface area contributed by atoms with Crippen LogP contribution < -0.4 is 5.32 Å². The number of likely N-dealkylation sites (N-methyl/N-ethyl adjacent to an activating group) is 1. The van der Waals surface area contributed by atoms with E-state index in [-0.39, 0.29) is 11.9 Å². The Bertz CT molecular complexity index is 709. The number of aryl methyl sites for hydroxylation is 1. The Labute approximate surface area is 148 Å². The molecule has 2 aromatic carbocycles. The summed E-state index contributed by atoms with van der Waals surface area (Å²) in [5, 5.41) is 2.89. The van der Waals surface area contributed by atoms with Crippen molar-refractivity contribution < 1.29 is 14.3 Å². The van der Waals surface area contributed by atoms with Crippen molar-refractivity contribution in [3.63, 3.8) is 0 Å². The topological polar surface area (TPSA) is 58.6 Å². The number of hydrogen-bond acceptors (Lipinski definition) is 4. The Balaban J connectivity index is 1.77. The van der Waals surface area contributed by atoms with Crippen LogP contribution in [0.2, 0.25) is 0 Å². The van der Waals surface area contributed by atoms with Crippen LogP contribution in [0, 0.1) is 6.92 Å². The zero-order valence-electron chi connectivity index (χ0n) is 14.9. The predicted octanol–water partition coefficient (Wildman–Crippen LogP) is 2.53. The molecule has 2 aromatic rings. The monoisotopic (exact) mass is 340 g/mol. The highest BCUT2D eigenvalue weighted by Crippen LogP contribution is 2.07. The Morgan fingerprint density at radius 2 is 1.60 bits per heavy atom. The fourth-order valence-electron chi connectivity index (χ4n) is 2.44. The molecule has 0 atom stereocenters. The molecule has 0 fully saturated rings. The van der Waals surface area contributed by atoms with Gasteiger partial charge in [-0.25, -0.2) is 4.79 Å². The molecule has 0 heterocycles. The van der Waals surface area contributed by atoms with Gasteiger partial charge in [-0.05, 0) is 37.2 Å². The van der Waals surface area contributed by atoms with E-state index in [0.29, 0.717) is 18.7 Å². The minimum Gasteiger partial charge on any atom is -0.465 e. The van der Waals surface area contributed by atoms with E-state index in [1.54, 1.807) is 12.1 Å². The average molecular weight is 340 g/mol. The number of carbonyl (C=O) groups excluding carboxylic acids is 2. The molecule has 1 amide bonds. The number of nitrogens with zero attached hydrogens (tertiary/aromatic N) is 1. The van der Waals surface area contributed by atoms with Gasteiger partial charge in [-0.1, -0.05) is 42.0 Å². The normalized spacial score (nSPS) is 10.6. The van der Waals surface area contributed by atoms with Crippen molar-refractivity contribution in [3.05, 3.63) is 70.8 Å². The summed E-state index contributed by atoms with van der Waals surface area (Å²) >= 11 is 0. The molecule has 25 heavy (non-hydrogen) atoms. The van der Waals surface area contributed by atoms with Crippen molar-refractivity contribution >= 4 is 11.9 Å². The SMILES string of the molecule is COC(=O)c1ccc(CNC(=O)CN(C)Cc2ccc(C)cc2)cc1. The number of nitrogens with one attached hydrogen (secondary N) is 1. The van der Waals surface area contributed by atoms with Gasteiger partial charge in [0.05, 0.1) is 19.2 Å². The van der Waals surface area contributed by atoms with Gasteiger partial charge in [0, 0.05) is 13.1 Å². The zero-order chi connectivity index (χ0) is 18.2. The molecule has 0 aliphatic heterocycles. The Hall–Kier alpha value is -2.66. The van der Waals surface area contributed by atoms with Crippen LogP contribution >= 0.6 is 0 Å². The molecule has 0 saturated heterocycles. The number of benzene rings is 2. The fraction of sp³-hybridized carbons (Fsp3) is 0.300. The van der Waals surface area contributed by atoms with Crippen LogP contribution in [0.15, 0.2) is 48.5 Å². The predicted molar refractivity (Wildman–Crippen MR) is 97.1 cm³/mol. The summed E-state index contributed by atoms with van der Waals surface area (Å²) in [4.78, 5) is 25.4. The summed E-state index contributed by atoms with van der Waals surface area (Å²) in [6, 6.07) is 15.3. The molecule has 0 bridgehead atoms. The second kappa shape index (κ2) is 8.99. The first-order chi connectivity index (χ1) is 12.0. The van der Waals surface area contributed by atoms with Crippen LogP contribution in [-0.2, 0) is 22.6 Å². The summed E-state index contributed by atoms with van der Waals surface area (Å²) in [6.07, 6.45) is 0. The van der Waals surface area contributed by atoms with E-state index in [1.165, 1.54) is 18.2 Å². The van der Waals surface area contributed by atoms with Crippen LogP contribution in [0.4, 0.5) is 0 Å². The van der Waals surface area contributed by atoms with Crippen molar-refractivity contribution in [1.29, 1.82) is 0 Å². The molecule has 132 valence electrons. The standard InChI is InChI=1S/C20H24N2O3/c1-15-4-6-17(7-5-15)13-22(2)14-19(23)21-12-16-8-10-18(11-9-16)20(24)25-3/h4-11H,12-14H2,1-3H3,(H,21,23). The lowest BCUT2D eigenvalue weighted by Gasteiger charge is -2.16. The minimum absolute atomic E-state index is 0.0355. The number of carbonyl (C=O) groups is 2. The van der Waals surface area contributed by atoms with Gasteiger partial charge in [0.25, 0.3) is 0 Å². The summed E-state index contributed by atoms with van der Waals surface area (Å²) in [5.41, 5.74) is 3.83. The Morgan fingerprint density at radius 1 is 1.00 bits per heavy atom. The molecular weight excluding hydrogens is 316 g/mol. The van der Waals surface area contributed by atoms with E-state index in [0.717, 1.165) is 12.1 Å². The second-order valence-electron chi connectivity index (χ2n) is 6.12. The van der Waals surface area contributed by atoms with Gasteiger partial charge in [0.2, 0.25) is 5.91 Å². The second-order valence-corrected chi connectivity index (χ2v) is 6.12. The first-order valence-corrected chi connectivity index (χ1v) is 8.16. The molecule has 0 aromatic heterocycles. The maximum absolute atomic E-state index is 12.1. The van der Waals surface area contributed by atoms with Crippen LogP contribution in [0.5, 0.6) is 0 Å². The number of methoxy groups -OCH3 is 1. The van der Waals surface area contributed by atoms with E-state index in [1.807, 2.05) is 24.1 Å². The van der Waals surface area contributed by atoms with E-state index in [2.05, 4.69) is 41.2 Å². The van der Waals surface area contributed by atoms with Gasteiger partial charge in [-0.2, -0.15) is 0 Å². The molecule has 0 aliphatic carbocycles. The number of rotatable bonds is 7. The molecule has 0 saturated carbocycles. The number of amides is 1. The summed E-state index contributed by atoms with van der Waals surface area (Å²) in [5.74, 6) is -0.403. The smallest absolute Gasteiger partial charge is 0.337 e. The van der Waals surface area contributed by atoms with Gasteiger partial charge in [0.15, 0.2) is 0 Å². The highest BCUT2D eigenvalue weighted by atomic mass is 16.5. The first-order valence-electron chi connectivity index (χ1n) is 8.16. The number of esters is 1. The largest absolute Gasteiger partial charge is 0.465 e. The summed E-state index contributed by atoms with van der Waals surface area (Å²) in [6.45, 7) is 3.53. The van der Waals surface area contributed by atoms with Crippen LogP contribution in [0.1, 0.15) is 27.0 Å². The molecule has 1 N–H and O–H groups in total. The van der Waals surface area contributed by atoms with E-state index >= 15 is 0 Å². The Kier molecular flexibility index (Phi) is 6.71. The fourth-order valence-corrected chi connectivity index (χ4v) is 2.44. The van der Waals surface area contributed by atoms with Crippen molar-refractivity contribution in [2.45, 2.75) is 20.0 Å². The van der Waals surface area contributed by atoms with Crippen LogP contribution in [0.3, 0.4) is 0 Å². The van der Waals surface area contributed by atoms with Crippen LogP contribution in [-0.4, -0.2) is 37.5 Å². The highest BCUT2D eigenvalue weighted by molar-refractivity contribution is 5.89. The molecule has 0 radical (unpaired) electrons. The molecule has 0 aliphatic rings. The lowest BCUT2D eigenvalue weighted by molar-refractivity contribution is -0.122. The van der Waals surface area contributed by atoms with Gasteiger partial charge < -0.3 is 10.1 Å². The third-order valence-corrected chi connectivity index (χ3v) is 3.85.